The van der Waals surface area contributed by atoms with Gasteiger partial charge in [-0.25, -0.2) is 14.4 Å². The van der Waals surface area contributed by atoms with Crippen LogP contribution >= 0.6 is 0 Å². The number of hydrogen-bond donors (Lipinski definition) is 2. The number of rotatable bonds is 1. The van der Waals surface area contributed by atoms with Gasteiger partial charge in [0.15, 0.2) is 17.1 Å². The lowest BCUT2D eigenvalue weighted by Gasteiger charge is -1.96. The predicted octanol–water partition coefficient (Wildman–Crippen LogP) is 1.39. The van der Waals surface area contributed by atoms with Crippen LogP contribution in [0.5, 0.6) is 0 Å². The molecule has 7 nitrogen and oxygen atoms in total. The Bertz CT molecular complexity index is 939. The summed E-state index contributed by atoms with van der Waals surface area (Å²) in [6.07, 6.45) is 1.49. The molecule has 0 radical (unpaired) electrons. The highest BCUT2D eigenvalue weighted by atomic mass is 19.1. The number of anilines is 1. The Balaban J connectivity index is 2.08. The Labute approximate surface area is 111 Å². The molecule has 3 heterocycles. The highest BCUT2D eigenvalue weighted by Crippen LogP contribution is 2.23. The molecule has 0 unspecified atom stereocenters. The standard InChI is InChI=1S/C12H8FN7/c13-7-4-2-1-3-6(7)9-17-11-8-10(16-5-15-8)18-12(14)20(11)19-9/h1-5H,(H2,14,18)(H,15,16). The van der Waals surface area contributed by atoms with Crippen molar-refractivity contribution >= 4 is 22.8 Å². The Morgan fingerprint density at radius 3 is 2.90 bits per heavy atom. The van der Waals surface area contributed by atoms with Crippen molar-refractivity contribution in [2.75, 3.05) is 5.73 Å². The van der Waals surface area contributed by atoms with Gasteiger partial charge in [-0.2, -0.15) is 9.50 Å². The second-order valence-electron chi connectivity index (χ2n) is 4.22. The number of nitrogens with two attached hydrogens (primary N) is 1. The molecule has 0 bridgehead atoms. The Hall–Kier alpha value is -3.03. The quantitative estimate of drug-likeness (QED) is 0.544. The van der Waals surface area contributed by atoms with Gasteiger partial charge in [0.25, 0.3) is 0 Å². The van der Waals surface area contributed by atoms with E-state index >= 15 is 0 Å². The number of H-pyrrole nitrogens is 1. The van der Waals surface area contributed by atoms with Crippen LogP contribution in [-0.4, -0.2) is 29.5 Å². The fraction of sp³-hybridized carbons (Fsp3) is 0. The zero-order valence-corrected chi connectivity index (χ0v) is 10.1. The van der Waals surface area contributed by atoms with Crippen LogP contribution in [0.1, 0.15) is 0 Å². The van der Waals surface area contributed by atoms with Crippen LogP contribution in [0.15, 0.2) is 30.6 Å². The molecule has 0 amide bonds. The van der Waals surface area contributed by atoms with E-state index in [9.17, 15) is 4.39 Å². The Kier molecular flexibility index (Phi) is 2.02. The molecule has 0 aliphatic rings. The Morgan fingerprint density at radius 2 is 2.05 bits per heavy atom. The number of nitrogens with zero attached hydrogens (tertiary/aromatic N) is 5. The van der Waals surface area contributed by atoms with Crippen molar-refractivity contribution in [1.29, 1.82) is 0 Å². The van der Waals surface area contributed by atoms with Gasteiger partial charge >= 0.3 is 0 Å². The molecule has 4 rings (SSSR count). The van der Waals surface area contributed by atoms with Crippen LogP contribution in [0.3, 0.4) is 0 Å². The maximum atomic E-state index is 13.8. The van der Waals surface area contributed by atoms with Crippen LogP contribution in [0.4, 0.5) is 10.3 Å². The smallest absolute Gasteiger partial charge is 0.225 e. The van der Waals surface area contributed by atoms with Gasteiger partial charge in [-0.05, 0) is 12.1 Å². The van der Waals surface area contributed by atoms with Crippen molar-refractivity contribution < 1.29 is 4.39 Å². The van der Waals surface area contributed by atoms with E-state index in [1.54, 1.807) is 18.2 Å². The molecular formula is C12H8FN7. The van der Waals surface area contributed by atoms with Crippen molar-refractivity contribution in [1.82, 2.24) is 29.5 Å². The maximum absolute atomic E-state index is 13.8. The number of benzene rings is 1. The number of nitrogen functional groups attached to an aromatic ring is 1. The second-order valence-corrected chi connectivity index (χ2v) is 4.22. The van der Waals surface area contributed by atoms with Crippen LogP contribution in [-0.2, 0) is 0 Å². The van der Waals surface area contributed by atoms with Crippen molar-refractivity contribution in [2.24, 2.45) is 0 Å². The molecule has 0 saturated heterocycles. The second kappa shape index (κ2) is 3.73. The summed E-state index contributed by atoms with van der Waals surface area (Å²) in [6, 6.07) is 6.29. The summed E-state index contributed by atoms with van der Waals surface area (Å²) in [4.78, 5) is 15.4. The van der Waals surface area contributed by atoms with E-state index in [2.05, 4.69) is 25.0 Å². The number of nitrogens with one attached hydrogen (secondary N) is 1. The number of aromatic amines is 1. The third kappa shape index (κ3) is 1.38. The van der Waals surface area contributed by atoms with Gasteiger partial charge in [0.2, 0.25) is 5.95 Å². The molecule has 0 atom stereocenters. The highest BCUT2D eigenvalue weighted by molar-refractivity contribution is 5.86. The normalized spacial score (nSPS) is 11.4. The van der Waals surface area contributed by atoms with Gasteiger partial charge in [0.05, 0.1) is 11.9 Å². The summed E-state index contributed by atoms with van der Waals surface area (Å²) in [5.41, 5.74) is 7.64. The molecule has 20 heavy (non-hydrogen) atoms. The summed E-state index contributed by atoms with van der Waals surface area (Å²) in [6.45, 7) is 0. The molecule has 0 saturated carbocycles. The molecule has 8 heteroatoms. The van der Waals surface area contributed by atoms with Crippen molar-refractivity contribution in [3.63, 3.8) is 0 Å². The average molecular weight is 269 g/mol. The number of hydrogen-bond acceptors (Lipinski definition) is 5. The molecule has 0 spiro atoms. The SMILES string of the molecule is Nc1nc2nc[nH]c2c2nc(-c3ccccc3F)nn12. The molecular weight excluding hydrogens is 261 g/mol. The molecule has 0 aliphatic carbocycles. The van der Waals surface area contributed by atoms with E-state index in [4.69, 9.17) is 5.73 Å². The van der Waals surface area contributed by atoms with Gasteiger partial charge < -0.3 is 10.7 Å². The van der Waals surface area contributed by atoms with Crippen LogP contribution < -0.4 is 5.73 Å². The highest BCUT2D eigenvalue weighted by Gasteiger charge is 2.16. The molecule has 0 aliphatic heterocycles. The topological polar surface area (TPSA) is 97.8 Å². The van der Waals surface area contributed by atoms with Crippen molar-refractivity contribution in [2.45, 2.75) is 0 Å². The van der Waals surface area contributed by atoms with Crippen LogP contribution in [0.2, 0.25) is 0 Å². The first kappa shape index (κ1) is 10.9. The van der Waals surface area contributed by atoms with E-state index in [1.807, 2.05) is 0 Å². The lowest BCUT2D eigenvalue weighted by atomic mass is 10.2. The van der Waals surface area contributed by atoms with Crippen molar-refractivity contribution in [3.05, 3.63) is 36.4 Å². The van der Waals surface area contributed by atoms with E-state index in [0.29, 0.717) is 22.4 Å². The van der Waals surface area contributed by atoms with Gasteiger partial charge in [0, 0.05) is 0 Å². The monoisotopic (exact) mass is 269 g/mol. The number of imidazole rings is 1. The summed E-state index contributed by atoms with van der Waals surface area (Å²) in [5, 5.41) is 4.20. The molecule has 0 fully saturated rings. The summed E-state index contributed by atoms with van der Waals surface area (Å²) >= 11 is 0. The fourth-order valence-electron chi connectivity index (χ4n) is 2.08. The first-order valence-electron chi connectivity index (χ1n) is 5.84. The summed E-state index contributed by atoms with van der Waals surface area (Å²) < 4.78 is 15.2. The molecule has 4 aromatic rings. The van der Waals surface area contributed by atoms with E-state index in [0.717, 1.165) is 0 Å². The predicted molar refractivity (Wildman–Crippen MR) is 70.2 cm³/mol. The zero-order chi connectivity index (χ0) is 13.7. The minimum Gasteiger partial charge on any atom is -0.368 e. The number of aromatic nitrogens is 6. The van der Waals surface area contributed by atoms with Gasteiger partial charge in [-0.1, -0.05) is 12.1 Å². The molecule has 3 N–H and O–H groups in total. The van der Waals surface area contributed by atoms with Crippen LogP contribution in [0, 0.1) is 5.82 Å². The largest absolute Gasteiger partial charge is 0.368 e. The first-order chi connectivity index (χ1) is 9.74. The van der Waals surface area contributed by atoms with Gasteiger partial charge in [0.1, 0.15) is 11.3 Å². The summed E-state index contributed by atoms with van der Waals surface area (Å²) in [7, 11) is 0. The third-order valence-corrected chi connectivity index (χ3v) is 3.00. The fourth-order valence-corrected chi connectivity index (χ4v) is 2.08. The lowest BCUT2D eigenvalue weighted by Crippen LogP contribution is -2.02. The minimum absolute atomic E-state index is 0.148. The summed E-state index contributed by atoms with van der Waals surface area (Å²) in [5.74, 6) is 0.00387. The zero-order valence-electron chi connectivity index (χ0n) is 10.1. The number of fused-ring (bicyclic) bond motifs is 3. The number of halogens is 1. The average Bonchev–Trinajstić information content (AvgIpc) is 3.05. The maximum Gasteiger partial charge on any atom is 0.225 e. The molecule has 1 aromatic carbocycles. The van der Waals surface area contributed by atoms with Gasteiger partial charge in [-0.3, -0.25) is 0 Å². The first-order valence-corrected chi connectivity index (χ1v) is 5.84. The third-order valence-electron chi connectivity index (χ3n) is 3.00. The minimum atomic E-state index is -0.393. The van der Waals surface area contributed by atoms with Gasteiger partial charge in [-0.15, -0.1) is 5.10 Å². The van der Waals surface area contributed by atoms with Crippen LogP contribution in [0.25, 0.3) is 28.2 Å². The van der Waals surface area contributed by atoms with Crippen molar-refractivity contribution in [3.8, 4) is 11.4 Å². The molecule has 3 aromatic heterocycles. The Morgan fingerprint density at radius 1 is 1.20 bits per heavy atom. The molecule has 98 valence electrons. The van der Waals surface area contributed by atoms with E-state index < -0.39 is 5.82 Å². The van der Waals surface area contributed by atoms with E-state index in [-0.39, 0.29) is 11.8 Å². The van der Waals surface area contributed by atoms with E-state index in [1.165, 1.54) is 16.9 Å². The lowest BCUT2D eigenvalue weighted by molar-refractivity contribution is 0.630.